The smallest absolute Gasteiger partial charge is 0.0928 e. The van der Waals surface area contributed by atoms with E-state index in [1.54, 1.807) is 0 Å². The van der Waals surface area contributed by atoms with E-state index in [0.717, 1.165) is 45.4 Å². The number of aryl methyl sites for hydroxylation is 1. The predicted octanol–water partition coefficient (Wildman–Crippen LogP) is 1.41. The maximum atomic E-state index is 5.53. The van der Waals surface area contributed by atoms with Crippen LogP contribution in [0.3, 0.4) is 0 Å². The number of thiazole rings is 1. The highest BCUT2D eigenvalue weighted by atomic mass is 32.1. The molecule has 0 fully saturated rings. The highest BCUT2D eigenvalue weighted by Crippen LogP contribution is 2.25. The molecule has 1 aliphatic rings. The average Bonchev–Trinajstić information content (AvgIpc) is 2.68. The fraction of sp³-hybridized carbons (Fsp3) is 0.727. The first-order chi connectivity index (χ1) is 7.33. The first-order valence-electron chi connectivity index (χ1n) is 5.73. The minimum absolute atomic E-state index is 0.798. The van der Waals surface area contributed by atoms with Gasteiger partial charge in [0.05, 0.1) is 10.7 Å². The Labute approximate surface area is 95.3 Å². The molecule has 1 aromatic heterocycles. The van der Waals surface area contributed by atoms with Gasteiger partial charge in [-0.3, -0.25) is 4.90 Å². The van der Waals surface area contributed by atoms with Crippen molar-refractivity contribution < 1.29 is 0 Å². The second-order valence-electron chi connectivity index (χ2n) is 4.00. The highest BCUT2D eigenvalue weighted by Gasteiger charge is 2.19. The van der Waals surface area contributed by atoms with Gasteiger partial charge in [0.15, 0.2) is 0 Å². The monoisotopic (exact) mass is 225 g/mol. The minimum atomic E-state index is 0.798. The van der Waals surface area contributed by atoms with Gasteiger partial charge >= 0.3 is 0 Å². The largest absolute Gasteiger partial charge is 0.330 e. The van der Waals surface area contributed by atoms with Crippen LogP contribution in [0.5, 0.6) is 0 Å². The molecule has 1 aromatic rings. The predicted molar refractivity (Wildman–Crippen MR) is 64.1 cm³/mol. The summed E-state index contributed by atoms with van der Waals surface area (Å²) in [6, 6.07) is 0. The van der Waals surface area contributed by atoms with Crippen molar-refractivity contribution in [1.82, 2.24) is 9.88 Å². The standard InChI is InChI=1S/C11H19N3S/c1-2-11-13-9-4-7-14(6-3-5-12)8-10(9)15-11/h2-8,12H2,1H3. The second-order valence-corrected chi connectivity index (χ2v) is 5.17. The molecule has 4 heteroatoms. The van der Waals surface area contributed by atoms with Crippen LogP contribution in [-0.4, -0.2) is 29.5 Å². The van der Waals surface area contributed by atoms with E-state index in [1.165, 1.54) is 15.6 Å². The first kappa shape index (κ1) is 11.0. The molecule has 0 atom stereocenters. The van der Waals surface area contributed by atoms with Crippen LogP contribution in [0.2, 0.25) is 0 Å². The third kappa shape index (κ3) is 2.56. The van der Waals surface area contributed by atoms with E-state index in [0.29, 0.717) is 0 Å². The van der Waals surface area contributed by atoms with Gasteiger partial charge in [0.1, 0.15) is 0 Å². The van der Waals surface area contributed by atoms with Crippen molar-refractivity contribution in [3.05, 3.63) is 15.6 Å². The Bertz CT molecular complexity index is 322. The number of nitrogens with zero attached hydrogens (tertiary/aromatic N) is 2. The molecule has 0 bridgehead atoms. The lowest BCUT2D eigenvalue weighted by Gasteiger charge is -2.25. The average molecular weight is 225 g/mol. The van der Waals surface area contributed by atoms with Crippen LogP contribution < -0.4 is 5.73 Å². The summed E-state index contributed by atoms with van der Waals surface area (Å²) in [6.07, 6.45) is 3.30. The van der Waals surface area contributed by atoms with Gasteiger partial charge in [-0.25, -0.2) is 4.98 Å². The van der Waals surface area contributed by atoms with Crippen LogP contribution in [0.4, 0.5) is 0 Å². The molecule has 2 N–H and O–H groups in total. The quantitative estimate of drug-likeness (QED) is 0.842. The Morgan fingerprint density at radius 2 is 2.40 bits per heavy atom. The van der Waals surface area contributed by atoms with Gasteiger partial charge in [-0.1, -0.05) is 6.92 Å². The Morgan fingerprint density at radius 3 is 3.13 bits per heavy atom. The maximum Gasteiger partial charge on any atom is 0.0928 e. The summed E-state index contributed by atoms with van der Waals surface area (Å²) in [5, 5.41) is 1.29. The van der Waals surface area contributed by atoms with Crippen LogP contribution in [0, 0.1) is 0 Å². The summed E-state index contributed by atoms with van der Waals surface area (Å²) in [5.74, 6) is 0. The second kappa shape index (κ2) is 5.05. The van der Waals surface area contributed by atoms with Crippen LogP contribution in [-0.2, 0) is 19.4 Å². The van der Waals surface area contributed by atoms with E-state index in [2.05, 4.69) is 16.8 Å². The molecule has 0 unspecified atom stereocenters. The number of aromatic nitrogens is 1. The van der Waals surface area contributed by atoms with Gasteiger partial charge in [0.2, 0.25) is 0 Å². The van der Waals surface area contributed by atoms with E-state index in [4.69, 9.17) is 5.73 Å². The Balaban J connectivity index is 1.99. The summed E-state index contributed by atoms with van der Waals surface area (Å²) < 4.78 is 0. The molecule has 15 heavy (non-hydrogen) atoms. The van der Waals surface area contributed by atoms with Crippen LogP contribution >= 0.6 is 11.3 Å². The SMILES string of the molecule is CCc1nc2c(s1)CN(CCCN)CC2. The normalized spacial score (nSPS) is 16.7. The maximum absolute atomic E-state index is 5.53. The van der Waals surface area contributed by atoms with Crippen molar-refractivity contribution in [3.63, 3.8) is 0 Å². The lowest BCUT2D eigenvalue weighted by Crippen LogP contribution is -2.31. The Hall–Kier alpha value is -0.450. The number of hydrogen-bond acceptors (Lipinski definition) is 4. The Morgan fingerprint density at radius 1 is 1.53 bits per heavy atom. The number of hydrogen-bond donors (Lipinski definition) is 1. The third-order valence-corrected chi connectivity index (χ3v) is 4.06. The molecule has 1 aliphatic heterocycles. The van der Waals surface area contributed by atoms with Crippen molar-refractivity contribution in [2.24, 2.45) is 5.73 Å². The lowest BCUT2D eigenvalue weighted by atomic mass is 10.1. The van der Waals surface area contributed by atoms with E-state index >= 15 is 0 Å². The molecule has 3 nitrogen and oxygen atoms in total. The van der Waals surface area contributed by atoms with Gasteiger partial charge in [-0.15, -0.1) is 11.3 Å². The Kier molecular flexibility index (Phi) is 3.72. The van der Waals surface area contributed by atoms with Crippen molar-refractivity contribution in [3.8, 4) is 0 Å². The van der Waals surface area contributed by atoms with Crippen LogP contribution in [0.1, 0.15) is 28.9 Å². The van der Waals surface area contributed by atoms with Crippen molar-refractivity contribution >= 4 is 11.3 Å². The van der Waals surface area contributed by atoms with Crippen molar-refractivity contribution in [2.75, 3.05) is 19.6 Å². The van der Waals surface area contributed by atoms with Gasteiger partial charge in [-0.2, -0.15) is 0 Å². The minimum Gasteiger partial charge on any atom is -0.330 e. The molecular weight excluding hydrogens is 206 g/mol. The summed E-state index contributed by atoms with van der Waals surface area (Å²) in [7, 11) is 0. The number of rotatable bonds is 4. The zero-order valence-electron chi connectivity index (χ0n) is 9.33. The zero-order valence-corrected chi connectivity index (χ0v) is 10.1. The van der Waals surface area contributed by atoms with Crippen LogP contribution in [0.15, 0.2) is 0 Å². The molecule has 0 saturated heterocycles. The summed E-state index contributed by atoms with van der Waals surface area (Å²) in [4.78, 5) is 8.63. The molecule has 0 aromatic carbocycles. The van der Waals surface area contributed by atoms with Gasteiger partial charge in [-0.05, 0) is 25.9 Å². The summed E-state index contributed by atoms with van der Waals surface area (Å²) >= 11 is 1.89. The van der Waals surface area contributed by atoms with E-state index in [9.17, 15) is 0 Å². The fourth-order valence-corrected chi connectivity index (χ4v) is 3.06. The van der Waals surface area contributed by atoms with E-state index < -0.39 is 0 Å². The number of nitrogens with two attached hydrogens (primary N) is 1. The highest BCUT2D eigenvalue weighted by molar-refractivity contribution is 7.11. The molecule has 84 valence electrons. The van der Waals surface area contributed by atoms with E-state index in [1.807, 2.05) is 11.3 Å². The number of fused-ring (bicyclic) bond motifs is 1. The third-order valence-electron chi connectivity index (χ3n) is 2.84. The molecule has 0 spiro atoms. The molecule has 2 rings (SSSR count). The molecule has 0 aliphatic carbocycles. The lowest BCUT2D eigenvalue weighted by molar-refractivity contribution is 0.254. The van der Waals surface area contributed by atoms with Crippen molar-refractivity contribution in [2.45, 2.75) is 32.7 Å². The van der Waals surface area contributed by atoms with Crippen LogP contribution in [0.25, 0.3) is 0 Å². The molecule has 0 amide bonds. The fourth-order valence-electron chi connectivity index (χ4n) is 1.96. The first-order valence-corrected chi connectivity index (χ1v) is 6.55. The molecule has 0 radical (unpaired) electrons. The van der Waals surface area contributed by atoms with Gasteiger partial charge in [0.25, 0.3) is 0 Å². The topological polar surface area (TPSA) is 42.2 Å². The molecule has 2 heterocycles. The van der Waals surface area contributed by atoms with Gasteiger partial charge < -0.3 is 5.73 Å². The van der Waals surface area contributed by atoms with Gasteiger partial charge in [0, 0.05) is 24.4 Å². The zero-order chi connectivity index (χ0) is 10.7. The molecule has 0 saturated carbocycles. The van der Waals surface area contributed by atoms with Crippen molar-refractivity contribution in [1.29, 1.82) is 0 Å². The summed E-state index contributed by atoms with van der Waals surface area (Å²) in [5.41, 5.74) is 6.88. The summed E-state index contributed by atoms with van der Waals surface area (Å²) in [6.45, 7) is 6.35. The molecular formula is C11H19N3S. The van der Waals surface area contributed by atoms with E-state index in [-0.39, 0.29) is 0 Å².